The summed E-state index contributed by atoms with van der Waals surface area (Å²) in [6, 6.07) is 13.2. The maximum absolute atomic E-state index is 12.7. The number of anilines is 1. The normalized spacial score (nSPS) is 15.1. The molecule has 0 aliphatic carbocycles. The van der Waals surface area contributed by atoms with Crippen molar-refractivity contribution in [2.75, 3.05) is 37.0 Å². The number of benzene rings is 2. The summed E-state index contributed by atoms with van der Waals surface area (Å²) >= 11 is 12.2. The van der Waals surface area contributed by atoms with Crippen LogP contribution in [0.25, 0.3) is 0 Å². The molecule has 1 heterocycles. The van der Waals surface area contributed by atoms with E-state index < -0.39 is 0 Å². The summed E-state index contributed by atoms with van der Waals surface area (Å²) in [4.78, 5) is 21.1. The summed E-state index contributed by atoms with van der Waals surface area (Å²) in [7, 11) is 0. The zero-order chi connectivity index (χ0) is 19.4. The number of hydrogen-bond acceptors (Lipinski definition) is 3. The Kier molecular flexibility index (Phi) is 6.24. The molecule has 2 N–H and O–H groups in total. The average Bonchev–Trinajstić information content (AvgIpc) is 2.68. The molecule has 1 aliphatic heterocycles. The third kappa shape index (κ3) is 4.54. The van der Waals surface area contributed by atoms with Gasteiger partial charge in [-0.25, -0.2) is 4.99 Å². The molecule has 1 fully saturated rings. The minimum atomic E-state index is 0.0541. The van der Waals surface area contributed by atoms with Crippen LogP contribution in [0.2, 0.25) is 5.02 Å². The van der Waals surface area contributed by atoms with Crippen molar-refractivity contribution >= 4 is 46.3 Å². The number of rotatable bonds is 4. The predicted octanol–water partition coefficient (Wildman–Crippen LogP) is 3.84. The van der Waals surface area contributed by atoms with Gasteiger partial charge in [-0.1, -0.05) is 35.4 Å². The van der Waals surface area contributed by atoms with Crippen molar-refractivity contribution in [1.82, 2.24) is 4.90 Å². The number of alkyl halides is 1. The lowest BCUT2D eigenvalue weighted by molar-refractivity contribution is 0.0747. The van der Waals surface area contributed by atoms with Crippen molar-refractivity contribution in [3.8, 4) is 0 Å². The Morgan fingerprint density at radius 3 is 2.41 bits per heavy atom. The Morgan fingerprint density at radius 2 is 1.78 bits per heavy atom. The van der Waals surface area contributed by atoms with Gasteiger partial charge in [0.25, 0.3) is 5.91 Å². The zero-order valence-electron chi connectivity index (χ0n) is 15.2. The number of halogens is 2. The van der Waals surface area contributed by atoms with Crippen LogP contribution < -0.4 is 10.6 Å². The fourth-order valence-electron chi connectivity index (χ4n) is 3.10. The number of amides is 1. The van der Waals surface area contributed by atoms with Crippen LogP contribution in [0, 0.1) is 6.92 Å². The number of carbonyl (C=O) groups is 1. The molecular formula is C20H22Cl2N4O. The first-order valence-corrected chi connectivity index (χ1v) is 9.69. The van der Waals surface area contributed by atoms with E-state index in [9.17, 15) is 4.79 Å². The highest BCUT2D eigenvalue weighted by Crippen LogP contribution is 2.36. The maximum Gasteiger partial charge on any atom is 0.253 e. The van der Waals surface area contributed by atoms with Crippen LogP contribution in [0.4, 0.5) is 11.4 Å². The van der Waals surface area contributed by atoms with E-state index in [1.54, 1.807) is 0 Å². The lowest BCUT2D eigenvalue weighted by Gasteiger charge is -2.37. The van der Waals surface area contributed by atoms with Crippen LogP contribution in [0.3, 0.4) is 0 Å². The lowest BCUT2D eigenvalue weighted by Crippen LogP contribution is -2.49. The molecule has 2 aromatic rings. The van der Waals surface area contributed by atoms with Crippen LogP contribution in [-0.2, 0) is 0 Å². The second-order valence-electron chi connectivity index (χ2n) is 6.49. The first-order chi connectivity index (χ1) is 13.0. The zero-order valence-corrected chi connectivity index (χ0v) is 16.7. The van der Waals surface area contributed by atoms with Gasteiger partial charge in [-0.3, -0.25) is 4.79 Å². The summed E-state index contributed by atoms with van der Waals surface area (Å²) in [6.45, 7) is 4.58. The van der Waals surface area contributed by atoms with Gasteiger partial charge in [0.2, 0.25) is 0 Å². The molecule has 0 atom stereocenters. The molecule has 0 spiro atoms. The van der Waals surface area contributed by atoms with Crippen LogP contribution in [0.5, 0.6) is 0 Å². The molecule has 5 nitrogen and oxygen atoms in total. The lowest BCUT2D eigenvalue weighted by atomic mass is 10.1. The van der Waals surface area contributed by atoms with Crippen molar-refractivity contribution < 1.29 is 4.79 Å². The van der Waals surface area contributed by atoms with Crippen molar-refractivity contribution in [3.63, 3.8) is 0 Å². The smallest absolute Gasteiger partial charge is 0.253 e. The second-order valence-corrected chi connectivity index (χ2v) is 7.16. The quantitative estimate of drug-likeness (QED) is 0.478. The van der Waals surface area contributed by atoms with Gasteiger partial charge in [-0.2, -0.15) is 0 Å². The van der Waals surface area contributed by atoms with E-state index in [0.717, 1.165) is 11.3 Å². The first kappa shape index (κ1) is 19.5. The minimum absolute atomic E-state index is 0.0541. The van der Waals surface area contributed by atoms with Gasteiger partial charge in [0.1, 0.15) is 5.84 Å². The van der Waals surface area contributed by atoms with Gasteiger partial charge < -0.3 is 15.5 Å². The first-order valence-electron chi connectivity index (χ1n) is 8.78. The monoisotopic (exact) mass is 404 g/mol. The number of nitrogens with zero attached hydrogens (tertiary/aromatic N) is 3. The highest BCUT2D eigenvalue weighted by molar-refractivity contribution is 6.34. The Balaban J connectivity index is 1.74. The van der Waals surface area contributed by atoms with E-state index >= 15 is 0 Å². The number of nitrogens with two attached hydrogens (primary N) is 1. The molecule has 3 rings (SSSR count). The van der Waals surface area contributed by atoms with E-state index in [0.29, 0.717) is 48.3 Å². The van der Waals surface area contributed by atoms with Crippen molar-refractivity contribution in [3.05, 3.63) is 58.6 Å². The van der Waals surface area contributed by atoms with E-state index in [4.69, 9.17) is 28.9 Å². The van der Waals surface area contributed by atoms with Crippen LogP contribution in [0.15, 0.2) is 47.5 Å². The van der Waals surface area contributed by atoms with Crippen molar-refractivity contribution in [2.45, 2.75) is 6.92 Å². The summed E-state index contributed by atoms with van der Waals surface area (Å²) in [5, 5.41) is 0.608. The molecule has 0 radical (unpaired) electrons. The molecule has 1 amide bonds. The van der Waals surface area contributed by atoms with Gasteiger partial charge >= 0.3 is 0 Å². The molecule has 0 saturated carbocycles. The molecule has 27 heavy (non-hydrogen) atoms. The molecular weight excluding hydrogens is 383 g/mol. The molecule has 7 heteroatoms. The number of hydrogen-bond donors (Lipinski definition) is 1. The molecule has 1 saturated heterocycles. The molecule has 2 aromatic carbocycles. The van der Waals surface area contributed by atoms with E-state index in [2.05, 4.69) is 9.89 Å². The van der Waals surface area contributed by atoms with Crippen molar-refractivity contribution in [2.24, 2.45) is 10.7 Å². The Labute approximate surface area is 169 Å². The number of carbonyl (C=O) groups excluding carboxylic acids is 1. The fraction of sp³-hybridized carbons (Fsp3) is 0.300. The van der Waals surface area contributed by atoms with Crippen LogP contribution >= 0.6 is 23.2 Å². The third-order valence-corrected chi connectivity index (χ3v) is 5.13. The van der Waals surface area contributed by atoms with Crippen molar-refractivity contribution in [1.29, 1.82) is 0 Å². The highest BCUT2D eigenvalue weighted by atomic mass is 35.5. The van der Waals surface area contributed by atoms with Gasteiger partial charge in [-0.05, 0) is 31.2 Å². The SMILES string of the molecule is Cc1ccc(C(=O)N2CCN(c3c(Cl)cccc3N=C(N)CCl)CC2)cc1. The average molecular weight is 405 g/mol. The fourth-order valence-corrected chi connectivity index (χ4v) is 3.45. The summed E-state index contributed by atoms with van der Waals surface area (Å²) < 4.78 is 0. The van der Waals surface area contributed by atoms with Crippen LogP contribution in [0.1, 0.15) is 15.9 Å². The van der Waals surface area contributed by atoms with E-state index in [1.165, 1.54) is 0 Å². The van der Waals surface area contributed by atoms with Gasteiger partial charge in [0.15, 0.2) is 0 Å². The number of piperazine rings is 1. The molecule has 142 valence electrons. The Hall–Kier alpha value is -2.24. The number of para-hydroxylation sites is 1. The topological polar surface area (TPSA) is 61.9 Å². The van der Waals surface area contributed by atoms with Gasteiger partial charge in [0, 0.05) is 31.7 Å². The van der Waals surface area contributed by atoms with Gasteiger partial charge in [-0.15, -0.1) is 11.6 Å². The number of amidine groups is 1. The molecule has 0 bridgehead atoms. The Morgan fingerprint density at radius 1 is 1.11 bits per heavy atom. The number of aryl methyl sites for hydroxylation is 1. The second kappa shape index (κ2) is 8.63. The van der Waals surface area contributed by atoms with Crippen LogP contribution in [-0.4, -0.2) is 48.7 Å². The third-order valence-electron chi connectivity index (χ3n) is 4.55. The molecule has 0 aromatic heterocycles. The standard InChI is InChI=1S/C20H22Cl2N4O/c1-14-5-7-15(8-6-14)20(27)26-11-9-25(10-12-26)19-16(22)3-2-4-17(19)24-18(23)13-21/h2-8H,9-13H2,1H3,(H2,23,24). The minimum Gasteiger partial charge on any atom is -0.386 e. The summed E-state index contributed by atoms with van der Waals surface area (Å²) in [5.74, 6) is 0.553. The Bertz CT molecular complexity index is 844. The summed E-state index contributed by atoms with van der Waals surface area (Å²) in [6.07, 6.45) is 0. The maximum atomic E-state index is 12.7. The highest BCUT2D eigenvalue weighted by Gasteiger charge is 2.24. The summed E-state index contributed by atoms with van der Waals surface area (Å²) in [5.41, 5.74) is 9.17. The van der Waals surface area contributed by atoms with E-state index in [1.807, 2.05) is 54.3 Å². The predicted molar refractivity (Wildman–Crippen MR) is 113 cm³/mol. The van der Waals surface area contributed by atoms with E-state index in [-0.39, 0.29) is 11.8 Å². The molecule has 0 unspecified atom stereocenters. The number of aliphatic imine (C=N–C) groups is 1. The largest absolute Gasteiger partial charge is 0.386 e. The molecule has 1 aliphatic rings. The van der Waals surface area contributed by atoms with Gasteiger partial charge in [0.05, 0.1) is 22.3 Å².